The average molecular weight is 233 g/mol. The summed E-state index contributed by atoms with van der Waals surface area (Å²) in [7, 11) is 0. The van der Waals surface area contributed by atoms with Gasteiger partial charge in [0.2, 0.25) is 6.36 Å². The maximum absolute atomic E-state index is 13.2. The van der Waals surface area contributed by atoms with Crippen LogP contribution in [0.25, 0.3) is 10.9 Å². The molecule has 16 heavy (non-hydrogen) atoms. The summed E-state index contributed by atoms with van der Waals surface area (Å²) in [6.45, 7) is 0. The van der Waals surface area contributed by atoms with Crippen molar-refractivity contribution < 1.29 is 22.3 Å². The minimum Gasteiger partial charge on any atom is -0.361 e. The Morgan fingerprint density at radius 1 is 1.19 bits per heavy atom. The minimum atomic E-state index is -4.99. The van der Waals surface area contributed by atoms with Gasteiger partial charge in [-0.3, -0.25) is 4.74 Å². The Morgan fingerprint density at radius 2 is 1.88 bits per heavy atom. The number of rotatable bonds is 2. The maximum atomic E-state index is 13.2. The van der Waals surface area contributed by atoms with Gasteiger partial charge >= 0.3 is 6.36 Å². The summed E-state index contributed by atoms with van der Waals surface area (Å²) >= 11 is 0. The first-order valence-electron chi connectivity index (χ1n) is 4.42. The van der Waals surface area contributed by atoms with Crippen molar-refractivity contribution in [2.24, 2.45) is 0 Å². The zero-order chi connectivity index (χ0) is 11.8. The molecular weight excluding hydrogens is 226 g/mol. The number of hydrogen-bond donors (Lipinski definition) is 1. The van der Waals surface area contributed by atoms with E-state index >= 15 is 0 Å². The highest BCUT2D eigenvalue weighted by Gasteiger charge is 2.35. The summed E-state index contributed by atoms with van der Waals surface area (Å²) in [6, 6.07) is 6.47. The fraction of sp³-hybridized carbons (Fsp3) is 0.200. The highest BCUT2D eigenvalue weighted by atomic mass is 19.4. The summed E-state index contributed by atoms with van der Waals surface area (Å²) in [5.74, 6) is 0. The van der Waals surface area contributed by atoms with E-state index in [1.807, 2.05) is 0 Å². The van der Waals surface area contributed by atoms with Crippen molar-refractivity contribution in [3.8, 4) is 0 Å². The highest BCUT2D eigenvalue weighted by Crippen LogP contribution is 2.32. The fourth-order valence-electron chi connectivity index (χ4n) is 1.46. The number of nitrogens with one attached hydrogen (secondary N) is 1. The molecule has 2 nitrogen and oxygen atoms in total. The minimum absolute atomic E-state index is 0.159. The lowest BCUT2D eigenvalue weighted by atomic mass is 10.2. The van der Waals surface area contributed by atoms with Gasteiger partial charge in [-0.1, -0.05) is 18.2 Å². The number of para-hydroxylation sites is 1. The van der Waals surface area contributed by atoms with Crippen molar-refractivity contribution in [1.29, 1.82) is 0 Å². The van der Waals surface area contributed by atoms with Crippen molar-refractivity contribution in [3.63, 3.8) is 0 Å². The Bertz CT molecular complexity index is 491. The van der Waals surface area contributed by atoms with Gasteiger partial charge in [0.15, 0.2) is 0 Å². The number of benzene rings is 1. The van der Waals surface area contributed by atoms with Crippen molar-refractivity contribution in [2.75, 3.05) is 0 Å². The van der Waals surface area contributed by atoms with Crippen LogP contribution in [0.4, 0.5) is 17.6 Å². The molecular formula is C10H7F4NO. The topological polar surface area (TPSA) is 25.0 Å². The largest absolute Gasteiger partial charge is 0.525 e. The molecule has 0 spiro atoms. The van der Waals surface area contributed by atoms with Gasteiger partial charge in [0.05, 0.1) is 0 Å². The molecule has 0 fully saturated rings. The summed E-state index contributed by atoms with van der Waals surface area (Å²) in [5, 5.41) is 0.374. The van der Waals surface area contributed by atoms with Crippen LogP contribution in [0.1, 0.15) is 11.9 Å². The SMILES string of the molecule is FC(OC(F)(F)F)c1c[nH]c2ccccc12. The number of halogens is 4. The van der Waals surface area contributed by atoms with Crippen molar-refractivity contribution in [1.82, 2.24) is 4.98 Å². The number of alkyl halides is 4. The van der Waals surface area contributed by atoms with Crippen molar-refractivity contribution in [3.05, 3.63) is 36.0 Å². The summed E-state index contributed by atoms with van der Waals surface area (Å²) in [4.78, 5) is 2.67. The van der Waals surface area contributed by atoms with Crippen molar-refractivity contribution >= 4 is 10.9 Å². The van der Waals surface area contributed by atoms with Crippen LogP contribution in [0.5, 0.6) is 0 Å². The first-order valence-corrected chi connectivity index (χ1v) is 4.42. The molecule has 0 radical (unpaired) electrons. The fourth-order valence-corrected chi connectivity index (χ4v) is 1.46. The molecule has 2 aromatic rings. The van der Waals surface area contributed by atoms with E-state index in [0.717, 1.165) is 0 Å². The summed E-state index contributed by atoms with van der Waals surface area (Å²) in [5.41, 5.74) is 0.402. The van der Waals surface area contributed by atoms with Gasteiger partial charge in [0.1, 0.15) is 0 Å². The Balaban J connectivity index is 2.33. The molecule has 86 valence electrons. The lowest BCUT2D eigenvalue weighted by Crippen LogP contribution is -2.15. The van der Waals surface area contributed by atoms with E-state index in [0.29, 0.717) is 10.9 Å². The first-order chi connectivity index (χ1) is 7.47. The predicted molar refractivity (Wildman–Crippen MR) is 49.3 cm³/mol. The van der Waals surface area contributed by atoms with Gasteiger partial charge in [-0.2, -0.15) is 0 Å². The second-order valence-electron chi connectivity index (χ2n) is 3.17. The molecule has 0 saturated heterocycles. The molecule has 1 unspecified atom stereocenters. The lowest BCUT2D eigenvalue weighted by Gasteiger charge is -2.11. The molecule has 1 N–H and O–H groups in total. The first kappa shape index (κ1) is 10.9. The molecule has 0 bridgehead atoms. The number of hydrogen-bond acceptors (Lipinski definition) is 1. The van der Waals surface area contributed by atoms with E-state index < -0.39 is 12.7 Å². The maximum Gasteiger partial charge on any atom is 0.525 e. The quantitative estimate of drug-likeness (QED) is 0.786. The molecule has 1 atom stereocenters. The van der Waals surface area contributed by atoms with Gasteiger partial charge in [-0.25, -0.2) is 4.39 Å². The standard InChI is InChI=1S/C10H7F4NO/c11-9(16-10(12,13)14)7-5-15-8-4-2-1-3-6(7)8/h1-5,9,15H. The van der Waals surface area contributed by atoms with Crippen LogP contribution in [0, 0.1) is 0 Å². The van der Waals surface area contributed by atoms with Crippen LogP contribution in [0.2, 0.25) is 0 Å². The van der Waals surface area contributed by atoms with E-state index in [4.69, 9.17) is 0 Å². The lowest BCUT2D eigenvalue weighted by molar-refractivity contribution is -0.362. The number of aromatic nitrogens is 1. The number of aromatic amines is 1. The zero-order valence-corrected chi connectivity index (χ0v) is 7.88. The monoisotopic (exact) mass is 233 g/mol. The number of H-pyrrole nitrogens is 1. The number of ether oxygens (including phenoxy) is 1. The smallest absolute Gasteiger partial charge is 0.361 e. The molecule has 0 amide bonds. The Kier molecular flexibility index (Phi) is 2.59. The van der Waals surface area contributed by atoms with Gasteiger partial charge in [0.25, 0.3) is 0 Å². The molecule has 2 rings (SSSR count). The second-order valence-corrected chi connectivity index (χ2v) is 3.17. The van der Waals surface area contributed by atoms with Crippen LogP contribution in [-0.4, -0.2) is 11.3 Å². The van der Waals surface area contributed by atoms with E-state index in [9.17, 15) is 17.6 Å². The molecule has 0 aliphatic carbocycles. The van der Waals surface area contributed by atoms with Crippen LogP contribution >= 0.6 is 0 Å². The molecule has 0 aliphatic heterocycles. The van der Waals surface area contributed by atoms with Crippen LogP contribution in [0.3, 0.4) is 0 Å². The van der Waals surface area contributed by atoms with Gasteiger partial charge in [0, 0.05) is 22.7 Å². The van der Waals surface area contributed by atoms with E-state index in [1.165, 1.54) is 12.3 Å². The third-order valence-electron chi connectivity index (χ3n) is 2.10. The van der Waals surface area contributed by atoms with Crippen LogP contribution in [0.15, 0.2) is 30.5 Å². The van der Waals surface area contributed by atoms with E-state index in [-0.39, 0.29) is 5.56 Å². The Hall–Kier alpha value is -1.56. The van der Waals surface area contributed by atoms with Crippen LogP contribution in [-0.2, 0) is 4.74 Å². The van der Waals surface area contributed by atoms with Gasteiger partial charge in [-0.15, -0.1) is 13.2 Å². The van der Waals surface area contributed by atoms with E-state index in [2.05, 4.69) is 9.72 Å². The Morgan fingerprint density at radius 3 is 2.56 bits per heavy atom. The summed E-state index contributed by atoms with van der Waals surface area (Å²) < 4.78 is 52.0. The number of fused-ring (bicyclic) bond motifs is 1. The second kappa shape index (κ2) is 3.79. The highest BCUT2D eigenvalue weighted by molar-refractivity contribution is 5.83. The molecule has 0 aliphatic rings. The van der Waals surface area contributed by atoms with Crippen molar-refractivity contribution in [2.45, 2.75) is 12.7 Å². The normalized spacial score (nSPS) is 14.2. The zero-order valence-electron chi connectivity index (χ0n) is 7.88. The van der Waals surface area contributed by atoms with Crippen LogP contribution < -0.4 is 0 Å². The molecule has 1 aromatic heterocycles. The Labute approximate surface area is 87.8 Å². The third kappa shape index (κ3) is 2.16. The molecule has 0 saturated carbocycles. The van der Waals surface area contributed by atoms with Gasteiger partial charge in [-0.05, 0) is 6.07 Å². The molecule has 1 heterocycles. The molecule has 1 aromatic carbocycles. The molecule has 6 heteroatoms. The third-order valence-corrected chi connectivity index (χ3v) is 2.10. The summed E-state index contributed by atoms with van der Waals surface area (Å²) in [6.07, 6.45) is -6.34. The van der Waals surface area contributed by atoms with Gasteiger partial charge < -0.3 is 4.98 Å². The predicted octanol–water partition coefficient (Wildman–Crippen LogP) is 3.67. The van der Waals surface area contributed by atoms with E-state index in [1.54, 1.807) is 18.2 Å². The average Bonchev–Trinajstić information content (AvgIpc) is 2.58.